The molecule has 3 aliphatic heterocycles. The molecule has 3 saturated heterocycles. The molecule has 0 spiro atoms. The van der Waals surface area contributed by atoms with E-state index in [2.05, 4.69) is 15.1 Å². The summed E-state index contributed by atoms with van der Waals surface area (Å²) >= 11 is 0. The molecule has 10 nitrogen and oxygen atoms in total. The van der Waals surface area contributed by atoms with Crippen molar-refractivity contribution in [3.63, 3.8) is 0 Å². The second-order valence-electron chi connectivity index (χ2n) is 11.7. The Morgan fingerprint density at radius 2 is 1.69 bits per heavy atom. The predicted molar refractivity (Wildman–Crippen MR) is 151 cm³/mol. The molecule has 2 bridgehead atoms. The van der Waals surface area contributed by atoms with Gasteiger partial charge in [0, 0.05) is 63.4 Å². The molecule has 0 radical (unpaired) electrons. The van der Waals surface area contributed by atoms with Crippen molar-refractivity contribution < 1.29 is 18.3 Å². The third kappa shape index (κ3) is 6.07. The largest absolute Gasteiger partial charge is 0.390 e. The summed E-state index contributed by atoms with van der Waals surface area (Å²) in [5.41, 5.74) is 0.752. The fourth-order valence-corrected chi connectivity index (χ4v) is 7.58. The molecular weight excluding hydrogens is 518 g/mol. The quantitative estimate of drug-likeness (QED) is 0.500. The fraction of sp³-hybridized carbons (Fsp3) is 0.643. The van der Waals surface area contributed by atoms with Gasteiger partial charge in [-0.1, -0.05) is 18.2 Å². The van der Waals surface area contributed by atoms with Crippen molar-refractivity contribution in [2.75, 3.05) is 45.5 Å². The van der Waals surface area contributed by atoms with Crippen molar-refractivity contribution in [1.29, 1.82) is 0 Å². The second-order valence-corrected chi connectivity index (χ2v) is 13.7. The van der Waals surface area contributed by atoms with Crippen LogP contribution in [0.25, 0.3) is 10.9 Å². The van der Waals surface area contributed by atoms with Crippen LogP contribution in [0, 0.1) is 0 Å². The lowest BCUT2D eigenvalue weighted by molar-refractivity contribution is 0.0276. The average molecular weight is 560 g/mol. The van der Waals surface area contributed by atoms with Crippen molar-refractivity contribution in [2.45, 2.75) is 69.8 Å². The van der Waals surface area contributed by atoms with Gasteiger partial charge in [-0.3, -0.25) is 19.4 Å². The Morgan fingerprint density at radius 3 is 2.31 bits per heavy atom. The zero-order chi connectivity index (χ0) is 27.9. The van der Waals surface area contributed by atoms with Gasteiger partial charge in [-0.15, -0.1) is 0 Å². The maximum absolute atomic E-state index is 13.3. The average Bonchev–Trinajstić information content (AvgIpc) is 3.10. The van der Waals surface area contributed by atoms with Gasteiger partial charge >= 0.3 is 0 Å². The summed E-state index contributed by atoms with van der Waals surface area (Å²) in [5.74, 6) is -0.314. The van der Waals surface area contributed by atoms with E-state index in [9.17, 15) is 23.1 Å². The Hall–Kier alpha value is -2.31. The number of amides is 1. The number of benzene rings is 1. The number of nitrogens with one attached hydrogen (secondary N) is 1. The number of rotatable bonds is 8. The molecule has 3 fully saturated rings. The molecule has 11 heteroatoms. The van der Waals surface area contributed by atoms with E-state index < -0.39 is 16.1 Å². The van der Waals surface area contributed by atoms with Crippen molar-refractivity contribution >= 4 is 26.8 Å². The first-order valence-electron chi connectivity index (χ1n) is 14.1. The van der Waals surface area contributed by atoms with Gasteiger partial charge in [-0.25, -0.2) is 8.42 Å². The van der Waals surface area contributed by atoms with Gasteiger partial charge in [-0.2, -0.15) is 4.31 Å². The summed E-state index contributed by atoms with van der Waals surface area (Å²) in [6, 6.07) is 9.87. The number of piperazine rings is 1. The van der Waals surface area contributed by atoms with Gasteiger partial charge in [0.1, 0.15) is 5.56 Å². The highest BCUT2D eigenvalue weighted by atomic mass is 32.2. The molecule has 0 saturated carbocycles. The smallest absolute Gasteiger partial charge is 0.264 e. The van der Waals surface area contributed by atoms with Crippen LogP contribution >= 0.6 is 0 Å². The molecule has 39 heavy (non-hydrogen) atoms. The number of aliphatic hydroxyl groups excluding tert-OH is 1. The number of hydrogen-bond acceptors (Lipinski definition) is 7. The topological polar surface area (TPSA) is 115 Å². The number of aromatic nitrogens is 1. The first kappa shape index (κ1) is 28.2. The summed E-state index contributed by atoms with van der Waals surface area (Å²) in [4.78, 5) is 31.1. The third-order valence-electron chi connectivity index (χ3n) is 8.62. The number of β-amino-alcohol motifs (C(OH)–C–C–N with tert-alkyl or cyclic N) is 1. The van der Waals surface area contributed by atoms with E-state index in [1.165, 1.54) is 10.6 Å². The third-order valence-corrected chi connectivity index (χ3v) is 9.92. The number of sulfonamides is 1. The molecule has 4 heterocycles. The summed E-state index contributed by atoms with van der Waals surface area (Å²) in [7, 11) is -3.17. The normalized spacial score (nSPS) is 25.8. The van der Waals surface area contributed by atoms with E-state index >= 15 is 0 Å². The van der Waals surface area contributed by atoms with Crippen molar-refractivity contribution in [1.82, 2.24) is 24.0 Å². The molecule has 1 aromatic heterocycles. The number of fused-ring (bicyclic) bond motifs is 3. The van der Waals surface area contributed by atoms with Gasteiger partial charge in [0.15, 0.2) is 0 Å². The minimum atomic E-state index is -3.17. The van der Waals surface area contributed by atoms with Gasteiger partial charge in [0.25, 0.3) is 11.5 Å². The molecule has 5 rings (SSSR count). The monoisotopic (exact) mass is 559 g/mol. The maximum atomic E-state index is 13.3. The van der Waals surface area contributed by atoms with Crippen LogP contribution in [-0.2, 0) is 10.0 Å². The lowest BCUT2D eigenvalue weighted by Gasteiger charge is -2.41. The highest BCUT2D eigenvalue weighted by molar-refractivity contribution is 7.88. The zero-order valence-corrected chi connectivity index (χ0v) is 23.9. The molecule has 3 aliphatic rings. The number of aliphatic hydroxyl groups is 1. The lowest BCUT2D eigenvalue weighted by Crippen LogP contribution is -2.55. The predicted octanol–water partition coefficient (Wildman–Crippen LogP) is 1.25. The standard InChI is InChI=1S/C28H41N5O5S/c1-19(2)33-26-7-5-4-6-20(26)14-25(28(33)36)27(35)29-21-15-22-8-9-23(16-21)32(22)18-24(34)17-30-10-12-31(13-11-30)39(3,37)38/h4-7,14,19,21-24,34H,8-13,15-18H2,1-3H3,(H,29,35)/t22-,23-,24+/m0/s1. The Morgan fingerprint density at radius 1 is 1.05 bits per heavy atom. The Bertz CT molecular complexity index is 1350. The SMILES string of the molecule is CC(C)n1c(=O)c(C(=O)NC2C[C@@H]3CC[C@@H](C2)N3C[C@H](O)CN2CCN(S(C)(=O)=O)CC2)cc2ccccc21. The van der Waals surface area contributed by atoms with Crippen LogP contribution in [0.15, 0.2) is 35.1 Å². The summed E-state index contributed by atoms with van der Waals surface area (Å²) in [6.45, 7) is 7.17. The van der Waals surface area contributed by atoms with E-state index in [4.69, 9.17) is 0 Å². The number of para-hydroxylation sites is 1. The molecule has 0 aliphatic carbocycles. The van der Waals surface area contributed by atoms with Crippen molar-refractivity contribution in [3.05, 3.63) is 46.2 Å². The van der Waals surface area contributed by atoms with E-state index in [1.807, 2.05) is 38.1 Å². The van der Waals surface area contributed by atoms with Crippen LogP contribution in [0.5, 0.6) is 0 Å². The number of hydrogen-bond donors (Lipinski definition) is 2. The maximum Gasteiger partial charge on any atom is 0.264 e. The molecule has 2 aromatic rings. The van der Waals surface area contributed by atoms with E-state index in [-0.39, 0.29) is 41.2 Å². The minimum absolute atomic E-state index is 0.00849. The van der Waals surface area contributed by atoms with Gasteiger partial charge in [0.2, 0.25) is 10.0 Å². The number of nitrogens with zero attached hydrogens (tertiary/aromatic N) is 4. The highest BCUT2D eigenvalue weighted by Crippen LogP contribution is 2.36. The van der Waals surface area contributed by atoms with E-state index in [0.29, 0.717) is 39.3 Å². The highest BCUT2D eigenvalue weighted by Gasteiger charge is 2.42. The van der Waals surface area contributed by atoms with Gasteiger partial charge in [0.05, 0.1) is 17.9 Å². The second kappa shape index (κ2) is 11.3. The van der Waals surface area contributed by atoms with E-state index in [1.54, 1.807) is 10.6 Å². The van der Waals surface area contributed by atoms with Crippen LogP contribution in [0.2, 0.25) is 0 Å². The van der Waals surface area contributed by atoms with Gasteiger partial charge in [-0.05, 0) is 57.0 Å². The van der Waals surface area contributed by atoms with Crippen molar-refractivity contribution in [3.8, 4) is 0 Å². The van der Waals surface area contributed by atoms with Crippen LogP contribution in [0.4, 0.5) is 0 Å². The van der Waals surface area contributed by atoms with Crippen LogP contribution in [-0.4, -0.2) is 108 Å². The molecular formula is C28H41N5O5S. The summed E-state index contributed by atoms with van der Waals surface area (Å²) in [6.07, 6.45) is 4.39. The first-order chi connectivity index (χ1) is 18.5. The van der Waals surface area contributed by atoms with Crippen LogP contribution in [0.3, 0.4) is 0 Å². The summed E-state index contributed by atoms with van der Waals surface area (Å²) in [5, 5.41) is 14.9. The molecule has 1 amide bonds. The number of pyridine rings is 1. The van der Waals surface area contributed by atoms with Gasteiger partial charge < -0.3 is 15.0 Å². The first-order valence-corrected chi connectivity index (χ1v) is 15.9. The Balaban J connectivity index is 1.18. The minimum Gasteiger partial charge on any atom is -0.390 e. The Kier molecular flexibility index (Phi) is 8.17. The molecule has 0 unspecified atom stereocenters. The summed E-state index contributed by atoms with van der Waals surface area (Å²) < 4.78 is 26.7. The number of carbonyl (C=O) groups excluding carboxylic acids is 1. The fourth-order valence-electron chi connectivity index (χ4n) is 6.76. The van der Waals surface area contributed by atoms with E-state index in [0.717, 1.165) is 36.6 Å². The zero-order valence-electron chi connectivity index (χ0n) is 23.1. The van der Waals surface area contributed by atoms with Crippen molar-refractivity contribution in [2.24, 2.45) is 0 Å². The molecule has 3 atom stereocenters. The van der Waals surface area contributed by atoms with Crippen LogP contribution in [0.1, 0.15) is 55.9 Å². The molecule has 214 valence electrons. The molecule has 1 aromatic carbocycles. The lowest BCUT2D eigenvalue weighted by atomic mass is 9.96. The van der Waals surface area contributed by atoms with Crippen LogP contribution < -0.4 is 10.9 Å². The number of carbonyl (C=O) groups is 1. The Labute approximate surface area is 230 Å². The number of piperidine rings is 1. The molecule has 2 N–H and O–H groups in total.